The normalized spacial score (nSPS) is 20.2. The molecular formula is C22H24F2N6OS. The summed E-state index contributed by atoms with van der Waals surface area (Å²) in [6.07, 6.45) is 4.56. The number of aromatic nitrogens is 4. The quantitative estimate of drug-likeness (QED) is 0.617. The van der Waals surface area contributed by atoms with Gasteiger partial charge < -0.3 is 10.2 Å². The predicted molar refractivity (Wildman–Crippen MR) is 119 cm³/mol. The Kier molecular flexibility index (Phi) is 6.14. The van der Waals surface area contributed by atoms with Crippen molar-refractivity contribution in [3.05, 3.63) is 53.2 Å². The molecule has 10 heteroatoms. The van der Waals surface area contributed by atoms with E-state index in [0.717, 1.165) is 5.69 Å². The number of hydrogen-bond acceptors (Lipinski definition) is 7. The Bertz CT molecular complexity index is 1090. The Balaban J connectivity index is 1.64. The highest BCUT2D eigenvalue weighted by molar-refractivity contribution is 7.15. The van der Waals surface area contributed by atoms with Gasteiger partial charge in [0, 0.05) is 19.2 Å². The van der Waals surface area contributed by atoms with Crippen molar-refractivity contribution in [3.63, 3.8) is 0 Å². The predicted octanol–water partition coefficient (Wildman–Crippen LogP) is 4.21. The topological polar surface area (TPSA) is 83.9 Å². The van der Waals surface area contributed by atoms with Crippen LogP contribution in [0.3, 0.4) is 0 Å². The lowest BCUT2D eigenvalue weighted by Crippen LogP contribution is -2.57. The van der Waals surface area contributed by atoms with Crippen LogP contribution in [0.15, 0.2) is 36.8 Å². The molecule has 1 aliphatic heterocycles. The highest BCUT2D eigenvalue weighted by Crippen LogP contribution is 2.37. The molecule has 1 fully saturated rings. The van der Waals surface area contributed by atoms with Crippen LogP contribution in [0.2, 0.25) is 0 Å². The average molecular weight is 459 g/mol. The van der Waals surface area contributed by atoms with Crippen LogP contribution in [0.5, 0.6) is 0 Å². The zero-order chi connectivity index (χ0) is 22.9. The third kappa shape index (κ3) is 4.74. The number of carbonyl (C=O) groups excluding carboxylic acids is 1. The molecule has 4 rings (SSSR count). The molecule has 0 aromatic carbocycles. The standard InChI is InChI=1S/C22H24F2N6OS/c1-13-8-22(23,24)12-30(17(13)10-28-18-11-26-14(2)9-27-18)21(31)19-20(32-15(3)29-19)16-6-4-5-7-25-16/h4-7,9,11,13,17H,8,10,12H2,1-3H3,(H,27,28)/t13-,17-/m1/s1. The van der Waals surface area contributed by atoms with E-state index < -0.39 is 30.3 Å². The maximum Gasteiger partial charge on any atom is 0.274 e. The number of aryl methyl sites for hydroxylation is 2. The van der Waals surface area contributed by atoms with Crippen LogP contribution in [0.25, 0.3) is 10.6 Å². The van der Waals surface area contributed by atoms with Gasteiger partial charge in [-0.05, 0) is 31.9 Å². The summed E-state index contributed by atoms with van der Waals surface area (Å²) in [6, 6.07) is 4.93. The van der Waals surface area contributed by atoms with Gasteiger partial charge in [0.25, 0.3) is 11.8 Å². The number of thiazole rings is 1. The first kappa shape index (κ1) is 22.2. The molecule has 32 heavy (non-hydrogen) atoms. The summed E-state index contributed by atoms with van der Waals surface area (Å²) in [5, 5.41) is 3.82. The van der Waals surface area contributed by atoms with Gasteiger partial charge in [0.05, 0.1) is 46.3 Å². The number of amides is 1. The van der Waals surface area contributed by atoms with E-state index in [9.17, 15) is 13.6 Å². The number of halogens is 2. The zero-order valence-electron chi connectivity index (χ0n) is 18.0. The van der Waals surface area contributed by atoms with Gasteiger partial charge >= 0.3 is 0 Å². The van der Waals surface area contributed by atoms with Gasteiger partial charge in [-0.2, -0.15) is 0 Å². The molecule has 1 N–H and O–H groups in total. The number of carbonyl (C=O) groups is 1. The van der Waals surface area contributed by atoms with Gasteiger partial charge in [-0.25, -0.2) is 18.7 Å². The van der Waals surface area contributed by atoms with Crippen molar-refractivity contribution in [1.82, 2.24) is 24.8 Å². The zero-order valence-corrected chi connectivity index (χ0v) is 18.9. The fourth-order valence-corrected chi connectivity index (χ4v) is 4.84. The number of nitrogens with zero attached hydrogens (tertiary/aromatic N) is 5. The number of hydrogen-bond donors (Lipinski definition) is 1. The monoisotopic (exact) mass is 458 g/mol. The van der Waals surface area contributed by atoms with Crippen LogP contribution in [-0.2, 0) is 0 Å². The molecule has 1 amide bonds. The molecule has 0 radical (unpaired) electrons. The van der Waals surface area contributed by atoms with Gasteiger partial charge in [0.15, 0.2) is 0 Å². The van der Waals surface area contributed by atoms with Crippen LogP contribution < -0.4 is 5.32 Å². The molecule has 0 saturated carbocycles. The van der Waals surface area contributed by atoms with E-state index in [4.69, 9.17) is 0 Å². The van der Waals surface area contributed by atoms with Crippen molar-refractivity contribution in [1.29, 1.82) is 0 Å². The summed E-state index contributed by atoms with van der Waals surface area (Å²) in [5.41, 5.74) is 1.54. The van der Waals surface area contributed by atoms with Gasteiger partial charge in [-0.3, -0.25) is 14.8 Å². The van der Waals surface area contributed by atoms with Crippen molar-refractivity contribution in [2.45, 2.75) is 39.2 Å². The smallest absolute Gasteiger partial charge is 0.274 e. The minimum absolute atomic E-state index is 0.163. The molecule has 4 heterocycles. The van der Waals surface area contributed by atoms with Crippen LogP contribution in [0.1, 0.15) is 34.5 Å². The SMILES string of the molecule is Cc1cnc(NC[C@@H]2[C@H](C)CC(F)(F)CN2C(=O)c2nc(C)sc2-c2ccccn2)cn1. The van der Waals surface area contributed by atoms with E-state index in [1.165, 1.54) is 16.2 Å². The molecule has 1 saturated heterocycles. The van der Waals surface area contributed by atoms with E-state index in [-0.39, 0.29) is 18.7 Å². The first-order chi connectivity index (χ1) is 15.2. The largest absolute Gasteiger partial charge is 0.367 e. The van der Waals surface area contributed by atoms with E-state index in [0.29, 0.717) is 21.4 Å². The Hall–Kier alpha value is -3.01. The minimum atomic E-state index is -2.97. The molecule has 1 aliphatic rings. The van der Waals surface area contributed by atoms with Crippen molar-refractivity contribution in [2.75, 3.05) is 18.4 Å². The van der Waals surface area contributed by atoms with Crippen molar-refractivity contribution < 1.29 is 13.6 Å². The highest BCUT2D eigenvalue weighted by Gasteiger charge is 2.46. The van der Waals surface area contributed by atoms with E-state index in [2.05, 4.69) is 25.3 Å². The number of anilines is 1. The van der Waals surface area contributed by atoms with Gasteiger partial charge in [-0.15, -0.1) is 11.3 Å². The Morgan fingerprint density at radius 3 is 2.75 bits per heavy atom. The number of nitrogens with one attached hydrogen (secondary N) is 1. The molecule has 0 unspecified atom stereocenters. The summed E-state index contributed by atoms with van der Waals surface area (Å²) in [4.78, 5) is 32.6. The highest BCUT2D eigenvalue weighted by atomic mass is 32.1. The number of pyridine rings is 1. The maximum atomic E-state index is 14.5. The Morgan fingerprint density at radius 1 is 1.25 bits per heavy atom. The molecule has 3 aromatic heterocycles. The molecule has 3 aromatic rings. The second-order valence-electron chi connectivity index (χ2n) is 8.09. The Labute approximate surface area is 189 Å². The van der Waals surface area contributed by atoms with Crippen molar-refractivity contribution in [2.24, 2.45) is 5.92 Å². The van der Waals surface area contributed by atoms with Crippen LogP contribution in [0, 0.1) is 19.8 Å². The second-order valence-corrected chi connectivity index (χ2v) is 9.29. The van der Waals surface area contributed by atoms with E-state index >= 15 is 0 Å². The summed E-state index contributed by atoms with van der Waals surface area (Å²) < 4.78 is 29.0. The molecule has 168 valence electrons. The molecule has 2 atom stereocenters. The lowest BCUT2D eigenvalue weighted by atomic mass is 9.88. The Morgan fingerprint density at radius 2 is 2.06 bits per heavy atom. The minimum Gasteiger partial charge on any atom is -0.367 e. The van der Waals surface area contributed by atoms with Crippen LogP contribution >= 0.6 is 11.3 Å². The summed E-state index contributed by atoms with van der Waals surface area (Å²) in [6.45, 7) is 4.99. The first-order valence-corrected chi connectivity index (χ1v) is 11.2. The van der Waals surface area contributed by atoms with Crippen molar-refractivity contribution >= 4 is 23.1 Å². The number of piperidine rings is 1. The molecule has 7 nitrogen and oxygen atoms in total. The molecular weight excluding hydrogens is 434 g/mol. The van der Waals surface area contributed by atoms with Crippen LogP contribution in [-0.4, -0.2) is 55.8 Å². The van der Waals surface area contributed by atoms with Crippen molar-refractivity contribution in [3.8, 4) is 10.6 Å². The lowest BCUT2D eigenvalue weighted by Gasteiger charge is -2.43. The average Bonchev–Trinajstić information content (AvgIpc) is 3.15. The molecule has 0 bridgehead atoms. The summed E-state index contributed by atoms with van der Waals surface area (Å²) in [5.74, 6) is -3.37. The maximum absolute atomic E-state index is 14.5. The molecule has 0 aliphatic carbocycles. The van der Waals surface area contributed by atoms with Gasteiger partial charge in [0.1, 0.15) is 11.5 Å². The third-order valence-corrected chi connectivity index (χ3v) is 6.44. The fraction of sp³-hybridized carbons (Fsp3) is 0.409. The van der Waals surface area contributed by atoms with Crippen LogP contribution in [0.4, 0.5) is 14.6 Å². The lowest BCUT2D eigenvalue weighted by molar-refractivity contribution is -0.0898. The van der Waals surface area contributed by atoms with Gasteiger partial charge in [0.2, 0.25) is 0 Å². The van der Waals surface area contributed by atoms with E-state index in [1.54, 1.807) is 44.6 Å². The summed E-state index contributed by atoms with van der Waals surface area (Å²) in [7, 11) is 0. The fourth-order valence-electron chi connectivity index (χ4n) is 3.95. The van der Waals surface area contributed by atoms with E-state index in [1.807, 2.05) is 13.0 Å². The summed E-state index contributed by atoms with van der Waals surface area (Å²) >= 11 is 1.33. The van der Waals surface area contributed by atoms with Gasteiger partial charge in [-0.1, -0.05) is 13.0 Å². The molecule has 0 spiro atoms. The first-order valence-electron chi connectivity index (χ1n) is 10.3. The number of alkyl halides is 2. The third-order valence-electron chi connectivity index (χ3n) is 5.45. The second kappa shape index (κ2) is 8.85. The number of rotatable bonds is 5. The number of likely N-dealkylation sites (tertiary alicyclic amines) is 1.